The molecule has 0 spiro atoms. The van der Waals surface area contributed by atoms with E-state index in [9.17, 15) is 4.79 Å². The summed E-state index contributed by atoms with van der Waals surface area (Å²) in [5, 5.41) is 0. The highest BCUT2D eigenvalue weighted by molar-refractivity contribution is 5.74. The molecular formula is C11H15NO2. The number of ether oxygens (including phenoxy) is 1. The van der Waals surface area contributed by atoms with Gasteiger partial charge in [-0.25, -0.2) is 0 Å². The normalized spacial score (nSPS) is 23.4. The molecule has 1 rings (SSSR count). The fourth-order valence-corrected chi connectivity index (χ4v) is 1.41. The Bertz CT molecular complexity index is 304. The van der Waals surface area contributed by atoms with Gasteiger partial charge in [-0.1, -0.05) is 25.3 Å². The van der Waals surface area contributed by atoms with Crippen LogP contribution in [-0.2, 0) is 9.53 Å². The number of hydrogen-bond donors (Lipinski definition) is 0. The van der Waals surface area contributed by atoms with Crippen LogP contribution in [0.1, 0.15) is 6.92 Å². The second-order valence-electron chi connectivity index (χ2n) is 3.24. The van der Waals surface area contributed by atoms with Crippen LogP contribution in [0.3, 0.4) is 0 Å². The quantitative estimate of drug-likeness (QED) is 0.665. The fourth-order valence-electron chi connectivity index (χ4n) is 1.41. The van der Waals surface area contributed by atoms with Crippen molar-refractivity contribution in [3.63, 3.8) is 0 Å². The van der Waals surface area contributed by atoms with Crippen LogP contribution in [0.25, 0.3) is 0 Å². The highest BCUT2D eigenvalue weighted by atomic mass is 16.5. The lowest BCUT2D eigenvalue weighted by atomic mass is 10.1. The molecule has 1 aliphatic heterocycles. The summed E-state index contributed by atoms with van der Waals surface area (Å²) in [6, 6.07) is -0.0296. The van der Waals surface area contributed by atoms with Crippen molar-refractivity contribution in [2.75, 3.05) is 13.7 Å². The van der Waals surface area contributed by atoms with Crippen molar-refractivity contribution >= 4 is 5.91 Å². The lowest BCUT2D eigenvalue weighted by molar-refractivity contribution is -0.129. The summed E-state index contributed by atoms with van der Waals surface area (Å²) in [6.45, 7) is 9.41. The van der Waals surface area contributed by atoms with E-state index < -0.39 is 0 Å². The molecule has 1 atom stereocenters. The highest BCUT2D eigenvalue weighted by Crippen LogP contribution is 2.26. The summed E-state index contributed by atoms with van der Waals surface area (Å²) in [5.41, 5.74) is 0.928. The zero-order valence-electron chi connectivity index (χ0n) is 8.62. The van der Waals surface area contributed by atoms with Gasteiger partial charge in [0.05, 0.1) is 6.04 Å². The van der Waals surface area contributed by atoms with Crippen LogP contribution < -0.4 is 0 Å². The van der Waals surface area contributed by atoms with E-state index in [1.807, 2.05) is 6.08 Å². The molecule has 0 aromatic carbocycles. The zero-order chi connectivity index (χ0) is 10.7. The van der Waals surface area contributed by atoms with Crippen molar-refractivity contribution in [3.05, 3.63) is 36.6 Å². The second-order valence-corrected chi connectivity index (χ2v) is 3.24. The summed E-state index contributed by atoms with van der Waals surface area (Å²) < 4.78 is 5.30. The minimum Gasteiger partial charge on any atom is -0.491 e. The molecular weight excluding hydrogens is 178 g/mol. The first kappa shape index (κ1) is 10.6. The Kier molecular flexibility index (Phi) is 3.12. The predicted octanol–water partition coefficient (Wildman–Crippen LogP) is 1.49. The molecule has 0 radical (unpaired) electrons. The maximum absolute atomic E-state index is 11.2. The highest BCUT2D eigenvalue weighted by Gasteiger charge is 2.30. The Hall–Kier alpha value is -1.51. The van der Waals surface area contributed by atoms with E-state index in [0.717, 1.165) is 5.57 Å². The first-order chi connectivity index (χ1) is 6.57. The molecule has 0 aromatic heterocycles. The van der Waals surface area contributed by atoms with Crippen LogP contribution in [0.4, 0.5) is 0 Å². The fraction of sp³-hybridized carbons (Fsp3) is 0.364. The molecule has 14 heavy (non-hydrogen) atoms. The Morgan fingerprint density at radius 2 is 2.36 bits per heavy atom. The van der Waals surface area contributed by atoms with Crippen molar-refractivity contribution in [3.8, 4) is 0 Å². The Morgan fingerprint density at radius 1 is 1.71 bits per heavy atom. The zero-order valence-corrected chi connectivity index (χ0v) is 8.62. The topological polar surface area (TPSA) is 29.5 Å². The lowest BCUT2D eigenvalue weighted by Gasteiger charge is -2.21. The summed E-state index contributed by atoms with van der Waals surface area (Å²) in [4.78, 5) is 12.8. The van der Waals surface area contributed by atoms with E-state index in [0.29, 0.717) is 12.4 Å². The number of nitrogens with zero attached hydrogens (tertiary/aromatic N) is 1. The predicted molar refractivity (Wildman–Crippen MR) is 55.6 cm³/mol. The number of carbonyl (C=O) groups excluding carboxylic acids is 1. The van der Waals surface area contributed by atoms with E-state index in [1.54, 1.807) is 18.0 Å². The first-order valence-electron chi connectivity index (χ1n) is 4.46. The van der Waals surface area contributed by atoms with Crippen LogP contribution in [0, 0.1) is 0 Å². The van der Waals surface area contributed by atoms with Gasteiger partial charge < -0.3 is 9.64 Å². The molecule has 1 amide bonds. The molecule has 0 bridgehead atoms. The molecule has 0 aromatic rings. The minimum atomic E-state index is -0.0296. The van der Waals surface area contributed by atoms with Crippen LogP contribution in [0.5, 0.6) is 0 Å². The van der Waals surface area contributed by atoms with Crippen LogP contribution >= 0.6 is 0 Å². The van der Waals surface area contributed by atoms with Crippen molar-refractivity contribution in [2.45, 2.75) is 13.0 Å². The van der Waals surface area contributed by atoms with Crippen molar-refractivity contribution < 1.29 is 9.53 Å². The van der Waals surface area contributed by atoms with Gasteiger partial charge in [0.1, 0.15) is 12.4 Å². The molecule has 1 fully saturated rings. The van der Waals surface area contributed by atoms with Gasteiger partial charge in [-0.15, -0.1) is 0 Å². The summed E-state index contributed by atoms with van der Waals surface area (Å²) in [5.74, 6) is 0.645. The van der Waals surface area contributed by atoms with Crippen molar-refractivity contribution in [1.82, 2.24) is 4.90 Å². The van der Waals surface area contributed by atoms with Gasteiger partial charge in [-0.05, 0) is 0 Å². The molecule has 0 saturated carbocycles. The second kappa shape index (κ2) is 4.13. The molecule has 0 N–H and O–H groups in total. The molecule has 3 heteroatoms. The number of amides is 1. The smallest absolute Gasteiger partial charge is 0.219 e. The van der Waals surface area contributed by atoms with E-state index >= 15 is 0 Å². The van der Waals surface area contributed by atoms with E-state index in [2.05, 4.69) is 13.2 Å². The Morgan fingerprint density at radius 3 is 2.86 bits per heavy atom. The SMILES string of the molecule is C=C/C=C1\C(=C)OCC1N(C)C(C)=O. The molecule has 0 aliphatic carbocycles. The summed E-state index contributed by atoms with van der Waals surface area (Å²) >= 11 is 0. The van der Waals surface area contributed by atoms with Gasteiger partial charge in [0.25, 0.3) is 0 Å². The van der Waals surface area contributed by atoms with E-state index in [1.165, 1.54) is 6.92 Å². The van der Waals surface area contributed by atoms with E-state index in [4.69, 9.17) is 4.74 Å². The van der Waals surface area contributed by atoms with Gasteiger partial charge >= 0.3 is 0 Å². The first-order valence-corrected chi connectivity index (χ1v) is 4.46. The molecule has 1 saturated heterocycles. The van der Waals surface area contributed by atoms with Crippen LogP contribution in [0.15, 0.2) is 36.6 Å². The van der Waals surface area contributed by atoms with Crippen LogP contribution in [0.2, 0.25) is 0 Å². The molecule has 1 unspecified atom stereocenters. The van der Waals surface area contributed by atoms with E-state index in [-0.39, 0.29) is 11.9 Å². The third-order valence-corrected chi connectivity index (χ3v) is 2.36. The van der Waals surface area contributed by atoms with Gasteiger partial charge in [-0.2, -0.15) is 0 Å². The average molecular weight is 193 g/mol. The molecule has 1 heterocycles. The maximum atomic E-state index is 11.2. The average Bonchev–Trinajstić information content (AvgIpc) is 2.48. The third-order valence-electron chi connectivity index (χ3n) is 2.36. The molecule has 76 valence electrons. The number of carbonyl (C=O) groups is 1. The number of allylic oxidation sites excluding steroid dienone is 2. The van der Waals surface area contributed by atoms with Crippen molar-refractivity contribution in [1.29, 1.82) is 0 Å². The Balaban J connectivity index is 2.89. The van der Waals surface area contributed by atoms with Gasteiger partial charge in [-0.3, -0.25) is 4.79 Å². The standard InChI is InChI=1S/C11H15NO2/c1-5-6-10-8(2)14-7-11(10)12(4)9(3)13/h5-6,11H,1-2,7H2,3-4H3/b10-6+. The van der Waals surface area contributed by atoms with Gasteiger partial charge in [0.15, 0.2) is 0 Å². The number of likely N-dealkylation sites (N-methyl/N-ethyl adjacent to an activating group) is 1. The Labute approximate surface area is 84.3 Å². The summed E-state index contributed by atoms with van der Waals surface area (Å²) in [7, 11) is 1.76. The molecule has 3 nitrogen and oxygen atoms in total. The van der Waals surface area contributed by atoms with Crippen molar-refractivity contribution in [2.24, 2.45) is 0 Å². The number of rotatable bonds is 2. The lowest BCUT2D eigenvalue weighted by Crippen LogP contribution is -2.36. The van der Waals surface area contributed by atoms with Crippen LogP contribution in [-0.4, -0.2) is 30.5 Å². The van der Waals surface area contributed by atoms with Gasteiger partial charge in [0, 0.05) is 19.5 Å². The monoisotopic (exact) mass is 193 g/mol. The molecule has 1 aliphatic rings. The summed E-state index contributed by atoms with van der Waals surface area (Å²) in [6.07, 6.45) is 3.51. The van der Waals surface area contributed by atoms with Gasteiger partial charge in [0.2, 0.25) is 5.91 Å². The maximum Gasteiger partial charge on any atom is 0.219 e. The largest absolute Gasteiger partial charge is 0.491 e. The minimum absolute atomic E-state index is 0.0169. The third kappa shape index (κ3) is 1.87. The number of hydrogen-bond acceptors (Lipinski definition) is 2.